The molecule has 90 valence electrons. The van der Waals surface area contributed by atoms with E-state index in [9.17, 15) is 13.9 Å². The largest absolute Gasteiger partial charge is 0.383 e. The molecule has 0 saturated heterocycles. The maximum Gasteiger partial charge on any atom is 0.126 e. The van der Waals surface area contributed by atoms with Crippen molar-refractivity contribution in [3.8, 4) is 0 Å². The maximum absolute atomic E-state index is 13.1. The van der Waals surface area contributed by atoms with Crippen LogP contribution in [-0.4, -0.2) is 5.11 Å². The highest BCUT2D eigenvalue weighted by Crippen LogP contribution is 2.35. The van der Waals surface area contributed by atoms with E-state index in [1.807, 2.05) is 13.0 Å². The molecule has 1 aromatic carbocycles. The van der Waals surface area contributed by atoms with Crippen molar-refractivity contribution in [1.29, 1.82) is 0 Å². The second-order valence-corrected chi connectivity index (χ2v) is 5.82. The van der Waals surface area contributed by atoms with Crippen LogP contribution < -0.4 is 0 Å². The topological polar surface area (TPSA) is 20.2 Å². The number of aliphatic hydroxyl groups is 1. The fraction of sp³-hybridized carbons (Fsp3) is 0.167. The van der Waals surface area contributed by atoms with E-state index < -0.39 is 17.7 Å². The lowest BCUT2D eigenvalue weighted by molar-refractivity contribution is 0.222. The Hall–Kier alpha value is -0.780. The van der Waals surface area contributed by atoms with Crippen LogP contribution in [0.5, 0.6) is 0 Å². The van der Waals surface area contributed by atoms with E-state index in [4.69, 9.17) is 0 Å². The fourth-order valence-electron chi connectivity index (χ4n) is 1.57. The van der Waals surface area contributed by atoms with Crippen LogP contribution >= 0.6 is 27.3 Å². The average molecular weight is 319 g/mol. The maximum atomic E-state index is 13.1. The van der Waals surface area contributed by atoms with E-state index in [-0.39, 0.29) is 5.56 Å². The number of aryl methyl sites for hydroxylation is 1. The van der Waals surface area contributed by atoms with Gasteiger partial charge in [-0.05, 0) is 46.6 Å². The predicted molar refractivity (Wildman–Crippen MR) is 67.2 cm³/mol. The quantitative estimate of drug-likeness (QED) is 0.880. The van der Waals surface area contributed by atoms with Gasteiger partial charge in [-0.15, -0.1) is 11.3 Å². The van der Waals surface area contributed by atoms with E-state index in [1.165, 1.54) is 11.3 Å². The van der Waals surface area contributed by atoms with E-state index >= 15 is 0 Å². The third kappa shape index (κ3) is 2.73. The Balaban J connectivity index is 2.43. The lowest BCUT2D eigenvalue weighted by Gasteiger charge is -2.10. The smallest absolute Gasteiger partial charge is 0.126 e. The highest BCUT2D eigenvalue weighted by Gasteiger charge is 2.17. The number of hydrogen-bond donors (Lipinski definition) is 1. The summed E-state index contributed by atoms with van der Waals surface area (Å²) in [7, 11) is 0. The van der Waals surface area contributed by atoms with Crippen LogP contribution in [0.2, 0.25) is 0 Å². The third-order valence-corrected chi connectivity index (χ3v) is 4.31. The molecule has 0 aliphatic carbocycles. The molecule has 0 spiro atoms. The Labute approximate surface area is 110 Å². The molecule has 1 aromatic heterocycles. The van der Waals surface area contributed by atoms with Gasteiger partial charge < -0.3 is 5.11 Å². The van der Waals surface area contributed by atoms with Gasteiger partial charge in [-0.2, -0.15) is 0 Å². The molecule has 0 aliphatic rings. The van der Waals surface area contributed by atoms with Crippen molar-refractivity contribution in [2.45, 2.75) is 13.0 Å². The van der Waals surface area contributed by atoms with Crippen LogP contribution in [0.1, 0.15) is 21.4 Å². The monoisotopic (exact) mass is 318 g/mol. The highest BCUT2D eigenvalue weighted by molar-refractivity contribution is 9.10. The summed E-state index contributed by atoms with van der Waals surface area (Å²) in [4.78, 5) is 1.66. The first-order valence-electron chi connectivity index (χ1n) is 4.87. The second-order valence-electron chi connectivity index (χ2n) is 3.67. The van der Waals surface area contributed by atoms with E-state index in [2.05, 4.69) is 15.9 Å². The van der Waals surface area contributed by atoms with Crippen molar-refractivity contribution >= 4 is 27.3 Å². The summed E-state index contributed by atoms with van der Waals surface area (Å²) in [6.45, 7) is 1.90. The van der Waals surface area contributed by atoms with Gasteiger partial charge in [0.1, 0.15) is 17.7 Å². The molecule has 1 atom stereocenters. The summed E-state index contributed by atoms with van der Waals surface area (Å²) in [5.74, 6) is -1.38. The van der Waals surface area contributed by atoms with Gasteiger partial charge in [0, 0.05) is 15.4 Å². The van der Waals surface area contributed by atoms with E-state index in [0.29, 0.717) is 4.88 Å². The van der Waals surface area contributed by atoms with E-state index in [0.717, 1.165) is 27.5 Å². The number of halogens is 3. The number of aliphatic hydroxyl groups excluding tert-OH is 1. The first-order valence-corrected chi connectivity index (χ1v) is 6.48. The molecular weight excluding hydrogens is 310 g/mol. The van der Waals surface area contributed by atoms with Crippen molar-refractivity contribution in [3.05, 3.63) is 55.7 Å². The molecule has 2 rings (SSSR count). The van der Waals surface area contributed by atoms with Gasteiger partial charge >= 0.3 is 0 Å². The zero-order chi connectivity index (χ0) is 12.6. The first kappa shape index (κ1) is 12.7. The van der Waals surface area contributed by atoms with Crippen LogP contribution in [0.3, 0.4) is 0 Å². The molecule has 0 amide bonds. The van der Waals surface area contributed by atoms with Crippen molar-refractivity contribution in [3.63, 3.8) is 0 Å². The molecule has 1 heterocycles. The number of rotatable bonds is 2. The minimum atomic E-state index is -1.02. The van der Waals surface area contributed by atoms with Crippen LogP contribution in [0.4, 0.5) is 8.78 Å². The van der Waals surface area contributed by atoms with Gasteiger partial charge in [0.15, 0.2) is 0 Å². The second kappa shape index (κ2) is 4.84. The number of hydrogen-bond acceptors (Lipinski definition) is 2. The van der Waals surface area contributed by atoms with Crippen LogP contribution in [0.25, 0.3) is 0 Å². The molecule has 0 radical (unpaired) electrons. The molecule has 0 aliphatic heterocycles. The summed E-state index contributed by atoms with van der Waals surface area (Å²) >= 11 is 4.70. The Bertz CT molecular complexity index is 533. The molecule has 2 aromatic rings. The van der Waals surface area contributed by atoms with Crippen LogP contribution in [-0.2, 0) is 0 Å². The van der Waals surface area contributed by atoms with E-state index in [1.54, 1.807) is 0 Å². The molecule has 5 heteroatoms. The summed E-state index contributed by atoms with van der Waals surface area (Å²) in [5.41, 5.74) is 0.213. The molecule has 1 nitrogen and oxygen atoms in total. The Morgan fingerprint density at radius 3 is 2.24 bits per heavy atom. The van der Waals surface area contributed by atoms with Crippen molar-refractivity contribution in [2.75, 3.05) is 0 Å². The number of benzene rings is 1. The molecular formula is C12H9BrF2OS. The minimum absolute atomic E-state index is 0.213. The van der Waals surface area contributed by atoms with Crippen LogP contribution in [0.15, 0.2) is 28.7 Å². The molecule has 0 fully saturated rings. The molecule has 1 N–H and O–H groups in total. The Kier molecular flexibility index (Phi) is 3.61. The minimum Gasteiger partial charge on any atom is -0.383 e. The van der Waals surface area contributed by atoms with Gasteiger partial charge in [0.25, 0.3) is 0 Å². The van der Waals surface area contributed by atoms with Gasteiger partial charge in [-0.3, -0.25) is 0 Å². The van der Waals surface area contributed by atoms with Gasteiger partial charge in [-0.25, -0.2) is 8.78 Å². The summed E-state index contributed by atoms with van der Waals surface area (Å²) in [5, 5.41) is 10.1. The fourth-order valence-corrected chi connectivity index (χ4v) is 3.45. The first-order chi connectivity index (χ1) is 7.97. The van der Waals surface area contributed by atoms with Gasteiger partial charge in [0.2, 0.25) is 0 Å². The number of thiophene rings is 1. The zero-order valence-electron chi connectivity index (χ0n) is 8.88. The lowest BCUT2D eigenvalue weighted by atomic mass is 10.1. The Morgan fingerprint density at radius 1 is 1.18 bits per heavy atom. The SMILES string of the molecule is Cc1cc(Br)c(C(O)c2cc(F)cc(F)c2)s1. The highest BCUT2D eigenvalue weighted by atomic mass is 79.9. The van der Waals surface area contributed by atoms with Gasteiger partial charge in [-0.1, -0.05) is 0 Å². The normalized spacial score (nSPS) is 12.8. The van der Waals surface area contributed by atoms with Crippen LogP contribution in [0, 0.1) is 18.6 Å². The molecule has 17 heavy (non-hydrogen) atoms. The molecule has 1 unspecified atom stereocenters. The summed E-state index contributed by atoms with van der Waals surface area (Å²) in [6, 6.07) is 4.91. The third-order valence-electron chi connectivity index (χ3n) is 2.29. The van der Waals surface area contributed by atoms with Crippen molar-refractivity contribution in [2.24, 2.45) is 0 Å². The molecule has 0 bridgehead atoms. The van der Waals surface area contributed by atoms with Gasteiger partial charge in [0.05, 0.1) is 4.88 Å². The molecule has 0 saturated carbocycles. The predicted octanol–water partition coefficient (Wildman–Crippen LogP) is 4.18. The summed E-state index contributed by atoms with van der Waals surface area (Å²) in [6.07, 6.45) is -1.02. The summed E-state index contributed by atoms with van der Waals surface area (Å²) < 4.78 is 26.8. The standard InChI is InChI=1S/C12H9BrF2OS/c1-6-2-10(13)12(17-6)11(16)7-3-8(14)5-9(15)4-7/h2-5,11,16H,1H3. The lowest BCUT2D eigenvalue weighted by Crippen LogP contribution is -1.99. The zero-order valence-corrected chi connectivity index (χ0v) is 11.3. The Morgan fingerprint density at radius 2 is 1.76 bits per heavy atom. The van der Waals surface area contributed by atoms with Crippen molar-refractivity contribution < 1.29 is 13.9 Å². The average Bonchev–Trinajstić information content (AvgIpc) is 2.55. The van der Waals surface area contributed by atoms with Crippen molar-refractivity contribution in [1.82, 2.24) is 0 Å².